The molecule has 0 amide bonds. The summed E-state index contributed by atoms with van der Waals surface area (Å²) in [6.45, 7) is 0.932. The van der Waals surface area contributed by atoms with Crippen molar-refractivity contribution in [2.24, 2.45) is 5.92 Å². The highest BCUT2D eigenvalue weighted by atomic mass is 35.5. The summed E-state index contributed by atoms with van der Waals surface area (Å²) >= 11 is 5.92. The third kappa shape index (κ3) is 3.79. The number of rotatable bonds is 4. The van der Waals surface area contributed by atoms with Gasteiger partial charge in [0, 0.05) is 13.1 Å². The number of hydrogen-bond donors (Lipinski definition) is 0. The molecule has 1 fully saturated rings. The molecule has 3 nitrogen and oxygen atoms in total. The lowest BCUT2D eigenvalue weighted by atomic mass is 9.91. The maximum Gasteiger partial charge on any atom is 0.244 e. The first kappa shape index (κ1) is 17.4. The number of benzene rings is 2. The monoisotopic (exact) mass is 367 g/mol. The predicted molar refractivity (Wildman–Crippen MR) is 93.0 cm³/mol. The van der Waals surface area contributed by atoms with Gasteiger partial charge in [0.2, 0.25) is 10.0 Å². The quantitative estimate of drug-likeness (QED) is 0.815. The Bertz CT molecular complexity index is 803. The molecule has 1 aliphatic rings. The Hall–Kier alpha value is -1.43. The molecule has 1 saturated heterocycles. The van der Waals surface area contributed by atoms with Gasteiger partial charge < -0.3 is 0 Å². The molecule has 0 unspecified atom stereocenters. The van der Waals surface area contributed by atoms with Gasteiger partial charge in [-0.05, 0) is 48.9 Å². The summed E-state index contributed by atoms with van der Waals surface area (Å²) in [5, 5.41) is -0.0681. The summed E-state index contributed by atoms with van der Waals surface area (Å²) in [5.41, 5.74) is 1.28. The van der Waals surface area contributed by atoms with Crippen LogP contribution in [0.2, 0.25) is 5.02 Å². The minimum Gasteiger partial charge on any atom is -0.207 e. The average Bonchev–Trinajstić information content (AvgIpc) is 2.56. The molecule has 0 spiro atoms. The van der Waals surface area contributed by atoms with E-state index in [0.717, 1.165) is 31.4 Å². The molecule has 2 aromatic rings. The van der Waals surface area contributed by atoms with Crippen LogP contribution in [0.1, 0.15) is 18.4 Å². The second kappa shape index (κ2) is 7.21. The van der Waals surface area contributed by atoms with Crippen LogP contribution in [0.3, 0.4) is 0 Å². The Labute approximate surface area is 147 Å². The number of hydrogen-bond acceptors (Lipinski definition) is 2. The van der Waals surface area contributed by atoms with Crippen molar-refractivity contribution in [1.29, 1.82) is 0 Å². The summed E-state index contributed by atoms with van der Waals surface area (Å²) in [6.07, 6.45) is 2.59. The minimum absolute atomic E-state index is 0.0212. The summed E-state index contributed by atoms with van der Waals surface area (Å²) in [6, 6.07) is 13.6. The Morgan fingerprint density at radius 1 is 1.08 bits per heavy atom. The van der Waals surface area contributed by atoms with Crippen LogP contribution in [0.15, 0.2) is 53.4 Å². The van der Waals surface area contributed by atoms with Gasteiger partial charge in [-0.3, -0.25) is 0 Å². The summed E-state index contributed by atoms with van der Waals surface area (Å²) in [4.78, 5) is -0.0212. The van der Waals surface area contributed by atoms with Gasteiger partial charge in [0.05, 0.1) is 5.02 Å². The fourth-order valence-electron chi connectivity index (χ4n) is 3.12. The van der Waals surface area contributed by atoms with E-state index >= 15 is 0 Å². The van der Waals surface area contributed by atoms with E-state index in [1.807, 2.05) is 18.2 Å². The smallest absolute Gasteiger partial charge is 0.207 e. The number of sulfonamides is 1. The zero-order chi connectivity index (χ0) is 17.2. The molecule has 0 aromatic heterocycles. The topological polar surface area (TPSA) is 37.4 Å². The third-order valence-corrected chi connectivity index (χ3v) is 6.83. The highest BCUT2D eigenvalue weighted by Crippen LogP contribution is 2.29. The molecule has 0 aliphatic carbocycles. The Kier molecular flexibility index (Phi) is 5.23. The van der Waals surface area contributed by atoms with Crippen molar-refractivity contribution < 1.29 is 12.8 Å². The van der Waals surface area contributed by atoms with Crippen molar-refractivity contribution in [2.45, 2.75) is 24.2 Å². The van der Waals surface area contributed by atoms with Gasteiger partial charge in [-0.15, -0.1) is 0 Å². The van der Waals surface area contributed by atoms with Gasteiger partial charge in [-0.1, -0.05) is 41.9 Å². The van der Waals surface area contributed by atoms with Crippen LogP contribution in [0, 0.1) is 11.7 Å². The van der Waals surface area contributed by atoms with Crippen LogP contribution in [0.4, 0.5) is 4.39 Å². The molecule has 3 rings (SSSR count). The number of piperidine rings is 1. The summed E-state index contributed by atoms with van der Waals surface area (Å²) in [7, 11) is -3.67. The van der Waals surface area contributed by atoms with Gasteiger partial charge in [-0.2, -0.15) is 4.31 Å². The van der Waals surface area contributed by atoms with E-state index in [4.69, 9.17) is 11.6 Å². The van der Waals surface area contributed by atoms with Gasteiger partial charge in [-0.25, -0.2) is 12.8 Å². The van der Waals surface area contributed by atoms with E-state index in [9.17, 15) is 12.8 Å². The van der Waals surface area contributed by atoms with Crippen molar-refractivity contribution in [3.8, 4) is 0 Å². The van der Waals surface area contributed by atoms with E-state index in [2.05, 4.69) is 12.1 Å². The maximum absolute atomic E-state index is 13.1. The van der Waals surface area contributed by atoms with Crippen LogP contribution >= 0.6 is 11.6 Å². The molecule has 0 radical (unpaired) electrons. The lowest BCUT2D eigenvalue weighted by Gasteiger charge is -2.31. The molecule has 0 atom stereocenters. The molecule has 0 saturated carbocycles. The first-order chi connectivity index (χ1) is 11.5. The molecule has 0 N–H and O–H groups in total. The standard InChI is InChI=1S/C18H19ClFNO2S/c19-17-13-16(20)6-7-18(17)24(22,23)21-10-8-15(9-11-21)12-14-4-2-1-3-5-14/h1-7,13,15H,8-12H2. The van der Waals surface area contributed by atoms with Crippen LogP contribution in [-0.2, 0) is 16.4 Å². The molecule has 1 heterocycles. The van der Waals surface area contributed by atoms with Gasteiger partial charge in [0.15, 0.2) is 0 Å². The zero-order valence-corrected chi connectivity index (χ0v) is 14.7. The van der Waals surface area contributed by atoms with Crippen LogP contribution in [0.5, 0.6) is 0 Å². The van der Waals surface area contributed by atoms with E-state index in [-0.39, 0.29) is 9.92 Å². The first-order valence-electron chi connectivity index (χ1n) is 7.96. The van der Waals surface area contributed by atoms with Gasteiger partial charge in [0.25, 0.3) is 0 Å². The summed E-state index contributed by atoms with van der Waals surface area (Å²) in [5.74, 6) is -0.0666. The first-order valence-corrected chi connectivity index (χ1v) is 9.78. The average molecular weight is 368 g/mol. The van der Waals surface area contributed by atoms with Gasteiger partial charge in [0.1, 0.15) is 10.7 Å². The lowest BCUT2D eigenvalue weighted by Crippen LogP contribution is -2.39. The van der Waals surface area contributed by atoms with Crippen molar-refractivity contribution in [1.82, 2.24) is 4.31 Å². The molecule has 1 aliphatic heterocycles. The van der Waals surface area contributed by atoms with Crippen molar-refractivity contribution in [2.75, 3.05) is 13.1 Å². The Morgan fingerprint density at radius 3 is 2.38 bits per heavy atom. The molecular weight excluding hydrogens is 349 g/mol. The molecule has 2 aromatic carbocycles. The zero-order valence-electron chi connectivity index (χ0n) is 13.2. The predicted octanol–water partition coefficient (Wildman–Crippen LogP) is 4.12. The minimum atomic E-state index is -3.67. The molecule has 0 bridgehead atoms. The van der Waals surface area contributed by atoms with E-state index in [0.29, 0.717) is 19.0 Å². The van der Waals surface area contributed by atoms with E-state index in [1.54, 1.807) is 0 Å². The van der Waals surface area contributed by atoms with E-state index < -0.39 is 15.8 Å². The molecule has 128 valence electrons. The second-order valence-corrected chi connectivity index (χ2v) is 8.43. The van der Waals surface area contributed by atoms with Crippen molar-refractivity contribution >= 4 is 21.6 Å². The van der Waals surface area contributed by atoms with Gasteiger partial charge >= 0.3 is 0 Å². The Balaban J connectivity index is 1.67. The number of nitrogens with zero attached hydrogens (tertiary/aromatic N) is 1. The van der Waals surface area contributed by atoms with Crippen LogP contribution in [0.25, 0.3) is 0 Å². The SMILES string of the molecule is O=S(=O)(c1ccc(F)cc1Cl)N1CCC(Cc2ccccc2)CC1. The van der Waals surface area contributed by atoms with Crippen LogP contribution in [-0.4, -0.2) is 25.8 Å². The lowest BCUT2D eigenvalue weighted by molar-refractivity contribution is 0.273. The normalized spacial score (nSPS) is 17.1. The highest BCUT2D eigenvalue weighted by molar-refractivity contribution is 7.89. The van der Waals surface area contributed by atoms with Crippen LogP contribution < -0.4 is 0 Å². The fourth-order valence-corrected chi connectivity index (χ4v) is 5.10. The van der Waals surface area contributed by atoms with Crippen molar-refractivity contribution in [3.05, 3.63) is 64.9 Å². The fraction of sp³-hybridized carbons (Fsp3) is 0.333. The molecule has 24 heavy (non-hydrogen) atoms. The maximum atomic E-state index is 13.1. The Morgan fingerprint density at radius 2 is 1.75 bits per heavy atom. The second-order valence-electron chi connectivity index (χ2n) is 6.11. The van der Waals surface area contributed by atoms with Crippen molar-refractivity contribution in [3.63, 3.8) is 0 Å². The molecule has 6 heteroatoms. The largest absolute Gasteiger partial charge is 0.244 e. The summed E-state index contributed by atoms with van der Waals surface area (Å²) < 4.78 is 40.0. The molecular formula is C18H19ClFNO2S. The number of halogens is 2. The highest BCUT2D eigenvalue weighted by Gasteiger charge is 2.30. The van der Waals surface area contributed by atoms with E-state index in [1.165, 1.54) is 15.9 Å². The third-order valence-electron chi connectivity index (χ3n) is 4.45.